The lowest BCUT2D eigenvalue weighted by Gasteiger charge is -2.29. The zero-order valence-corrected chi connectivity index (χ0v) is 15.1. The molecule has 0 radical (unpaired) electrons. The maximum atomic E-state index is 12.9. The predicted octanol–water partition coefficient (Wildman–Crippen LogP) is 4.14. The van der Waals surface area contributed by atoms with Crippen LogP contribution in [0.2, 0.25) is 5.02 Å². The Kier molecular flexibility index (Phi) is 6.10. The lowest BCUT2D eigenvalue weighted by molar-refractivity contribution is -0.137. The summed E-state index contributed by atoms with van der Waals surface area (Å²) in [6.45, 7) is 4.95. The molecule has 0 atom stereocenters. The Hall–Kier alpha value is -1.54. The van der Waals surface area contributed by atoms with E-state index in [1.165, 1.54) is 13.0 Å². The van der Waals surface area contributed by atoms with Gasteiger partial charge in [-0.05, 0) is 25.1 Å². The van der Waals surface area contributed by atoms with Crippen molar-refractivity contribution in [3.63, 3.8) is 0 Å². The summed E-state index contributed by atoms with van der Waals surface area (Å²) >= 11 is 5.63. The number of carbonyl (C=O) groups is 1. The molecule has 0 bridgehead atoms. The van der Waals surface area contributed by atoms with Crippen LogP contribution in [0.15, 0.2) is 17.7 Å². The molecule has 9 heteroatoms. The fourth-order valence-corrected chi connectivity index (χ4v) is 3.28. The van der Waals surface area contributed by atoms with Gasteiger partial charge in [-0.2, -0.15) is 13.2 Å². The number of benzene rings is 1. The van der Waals surface area contributed by atoms with Crippen LogP contribution in [0.1, 0.15) is 31.9 Å². The monoisotopic (exact) mass is 383 g/mol. The average Bonchev–Trinajstić information content (AvgIpc) is 2.45. The van der Waals surface area contributed by atoms with Gasteiger partial charge in [-0.3, -0.25) is 9.10 Å². The van der Waals surface area contributed by atoms with Crippen molar-refractivity contribution in [2.45, 2.75) is 26.9 Å². The third kappa shape index (κ3) is 4.30. The maximum absolute atomic E-state index is 12.9. The molecule has 0 saturated heterocycles. The van der Waals surface area contributed by atoms with E-state index in [-0.39, 0.29) is 29.2 Å². The molecule has 0 aliphatic carbocycles. The number of nitrogens with zero attached hydrogens (tertiary/aromatic N) is 1. The number of alkyl halides is 3. The summed E-state index contributed by atoms with van der Waals surface area (Å²) < 4.78 is 63.2. The summed E-state index contributed by atoms with van der Waals surface area (Å²) in [7, 11) is -3.85. The molecule has 4 nitrogen and oxygen atoms in total. The number of rotatable bonds is 2. The highest BCUT2D eigenvalue weighted by atomic mass is 35.5. The highest BCUT2D eigenvalue weighted by Crippen LogP contribution is 2.41. The number of halogens is 4. The predicted molar refractivity (Wildman–Crippen MR) is 88.6 cm³/mol. The van der Waals surface area contributed by atoms with Gasteiger partial charge in [0.1, 0.15) is 0 Å². The van der Waals surface area contributed by atoms with Crippen LogP contribution in [0.5, 0.6) is 0 Å². The Bertz CT molecular complexity index is 786. The van der Waals surface area contributed by atoms with Gasteiger partial charge < -0.3 is 0 Å². The van der Waals surface area contributed by atoms with Gasteiger partial charge >= 0.3 is 6.18 Å². The molecule has 24 heavy (non-hydrogen) atoms. The number of anilines is 1. The van der Waals surface area contributed by atoms with E-state index in [1.54, 1.807) is 0 Å². The molecular formula is C15H17ClF3NO3S. The number of fused-ring (bicyclic) bond motifs is 1. The number of sulfonamides is 1. The molecule has 134 valence electrons. The van der Waals surface area contributed by atoms with E-state index < -0.39 is 26.8 Å². The largest absolute Gasteiger partial charge is 0.417 e. The fraction of sp³-hybridized carbons (Fsp3) is 0.400. The van der Waals surface area contributed by atoms with Crippen molar-refractivity contribution >= 4 is 39.2 Å². The van der Waals surface area contributed by atoms with Crippen molar-refractivity contribution in [1.29, 1.82) is 0 Å². The minimum atomic E-state index is -4.71. The van der Waals surface area contributed by atoms with Crippen molar-refractivity contribution in [3.8, 4) is 0 Å². The van der Waals surface area contributed by atoms with E-state index >= 15 is 0 Å². The van der Waals surface area contributed by atoms with Crippen LogP contribution < -0.4 is 4.31 Å². The third-order valence-electron chi connectivity index (χ3n) is 3.19. The molecule has 1 aromatic carbocycles. The first-order valence-electron chi connectivity index (χ1n) is 7.01. The number of Topliss-reactive ketones (excluding diaryl/α,β-unsaturated/α-hetero) is 1. The summed E-state index contributed by atoms with van der Waals surface area (Å²) in [5, 5.41) is -0.555. The highest BCUT2D eigenvalue weighted by Gasteiger charge is 2.36. The molecule has 0 saturated carbocycles. The van der Waals surface area contributed by atoms with E-state index in [0.29, 0.717) is 6.07 Å². The second-order valence-corrected chi connectivity index (χ2v) is 7.20. The Balaban J connectivity index is 0.00000139. The first-order valence-corrected chi connectivity index (χ1v) is 9.24. The second-order valence-electron chi connectivity index (χ2n) is 4.88. The van der Waals surface area contributed by atoms with Crippen LogP contribution in [-0.4, -0.2) is 27.0 Å². The lowest BCUT2D eigenvalue weighted by Crippen LogP contribution is -2.35. The zero-order valence-electron chi connectivity index (χ0n) is 13.5. The van der Waals surface area contributed by atoms with Gasteiger partial charge in [0.15, 0.2) is 5.78 Å². The van der Waals surface area contributed by atoms with E-state index in [2.05, 4.69) is 0 Å². The van der Waals surface area contributed by atoms with Gasteiger partial charge in [-0.15, -0.1) is 0 Å². The van der Waals surface area contributed by atoms with Gasteiger partial charge in [0.05, 0.1) is 29.1 Å². The number of hydrogen-bond donors (Lipinski definition) is 0. The Morgan fingerprint density at radius 2 is 1.79 bits per heavy atom. The second kappa shape index (κ2) is 7.14. The van der Waals surface area contributed by atoms with E-state index in [4.69, 9.17) is 11.6 Å². The molecule has 0 amide bonds. The molecule has 1 aliphatic heterocycles. The van der Waals surface area contributed by atoms with Crippen molar-refractivity contribution in [3.05, 3.63) is 33.9 Å². The number of ketones is 1. The first-order chi connectivity index (χ1) is 10.9. The normalized spacial score (nSPS) is 14.3. The summed E-state index contributed by atoms with van der Waals surface area (Å²) in [4.78, 5) is 11.5. The Morgan fingerprint density at radius 3 is 2.21 bits per heavy atom. The van der Waals surface area contributed by atoms with Crippen LogP contribution in [0.25, 0.3) is 6.08 Å². The van der Waals surface area contributed by atoms with Crippen LogP contribution in [0.4, 0.5) is 18.9 Å². The Labute approximate surface area is 144 Å². The zero-order chi connectivity index (χ0) is 18.9. The number of carbonyl (C=O) groups excluding carboxylic acids is 1. The smallest absolute Gasteiger partial charge is 0.295 e. The van der Waals surface area contributed by atoms with Crippen molar-refractivity contribution in [1.82, 2.24) is 0 Å². The van der Waals surface area contributed by atoms with Gasteiger partial charge in [-0.1, -0.05) is 25.4 Å². The minimum absolute atomic E-state index is 0.149. The van der Waals surface area contributed by atoms with Crippen LogP contribution in [0, 0.1) is 0 Å². The van der Waals surface area contributed by atoms with E-state index in [9.17, 15) is 26.4 Å². The summed E-state index contributed by atoms with van der Waals surface area (Å²) in [5.41, 5.74) is -0.945. The molecule has 1 heterocycles. The maximum Gasteiger partial charge on any atom is 0.417 e. The Morgan fingerprint density at radius 1 is 1.25 bits per heavy atom. The van der Waals surface area contributed by atoms with Crippen molar-refractivity contribution in [2.24, 2.45) is 0 Å². The molecule has 2 rings (SSSR count). The summed E-state index contributed by atoms with van der Waals surface area (Å²) in [6, 6.07) is 1.70. The summed E-state index contributed by atoms with van der Waals surface area (Å²) in [6.07, 6.45) is -2.49. The molecular weight excluding hydrogens is 367 g/mol. The van der Waals surface area contributed by atoms with Crippen molar-refractivity contribution < 1.29 is 26.4 Å². The molecule has 0 aromatic heterocycles. The minimum Gasteiger partial charge on any atom is -0.295 e. The van der Waals surface area contributed by atoms with E-state index in [0.717, 1.165) is 16.6 Å². The van der Waals surface area contributed by atoms with Gasteiger partial charge in [-0.25, -0.2) is 8.42 Å². The number of hydrogen-bond acceptors (Lipinski definition) is 3. The molecule has 1 aromatic rings. The van der Waals surface area contributed by atoms with E-state index in [1.807, 2.05) is 13.8 Å². The standard InChI is InChI=1S/C13H11ClF3NO3S.C2H6/c1-7(19)9-3-8-4-11(14)10(13(15,16)17)5-12(8)18(6-9)22(2,20)21;1-2/h3-5H,6H2,1-2H3;1-2H3. The molecule has 0 spiro atoms. The lowest BCUT2D eigenvalue weighted by atomic mass is 10.00. The van der Waals surface area contributed by atoms with Crippen molar-refractivity contribution in [2.75, 3.05) is 17.1 Å². The highest BCUT2D eigenvalue weighted by molar-refractivity contribution is 7.92. The molecule has 0 unspecified atom stereocenters. The quantitative estimate of drug-likeness (QED) is 0.771. The summed E-state index contributed by atoms with van der Waals surface area (Å²) in [5.74, 6) is -0.365. The topological polar surface area (TPSA) is 54.5 Å². The van der Waals surface area contributed by atoms with Crippen LogP contribution in [-0.2, 0) is 21.0 Å². The SMILES string of the molecule is CC.CC(=O)C1=Cc2cc(Cl)c(C(F)(F)F)cc2N(S(C)(=O)=O)C1. The van der Waals surface area contributed by atoms with Crippen LogP contribution >= 0.6 is 11.6 Å². The third-order valence-corrected chi connectivity index (χ3v) is 4.63. The van der Waals surface area contributed by atoms with Gasteiger partial charge in [0, 0.05) is 11.1 Å². The van der Waals surface area contributed by atoms with Crippen LogP contribution in [0.3, 0.4) is 0 Å². The van der Waals surface area contributed by atoms with Gasteiger partial charge in [0.2, 0.25) is 10.0 Å². The molecule has 0 N–H and O–H groups in total. The molecule has 0 fully saturated rings. The first kappa shape index (κ1) is 20.5. The van der Waals surface area contributed by atoms with Gasteiger partial charge in [0.25, 0.3) is 0 Å². The fourth-order valence-electron chi connectivity index (χ4n) is 2.11. The average molecular weight is 384 g/mol. The molecule has 1 aliphatic rings.